The van der Waals surface area contributed by atoms with Crippen LogP contribution in [0.4, 0.5) is 0 Å². The molecule has 2 aromatic carbocycles. The zero-order valence-corrected chi connectivity index (χ0v) is 12.9. The van der Waals surface area contributed by atoms with E-state index in [9.17, 15) is 4.79 Å². The van der Waals surface area contributed by atoms with E-state index < -0.39 is 0 Å². The quantitative estimate of drug-likeness (QED) is 0.788. The molecule has 1 amide bonds. The molecule has 0 unspecified atom stereocenters. The lowest BCUT2D eigenvalue weighted by Gasteiger charge is -2.08. The molecule has 0 saturated heterocycles. The van der Waals surface area contributed by atoms with Gasteiger partial charge in [-0.05, 0) is 18.6 Å². The van der Waals surface area contributed by atoms with Crippen molar-refractivity contribution in [3.8, 4) is 16.9 Å². The third-order valence-electron chi connectivity index (χ3n) is 3.47. The van der Waals surface area contributed by atoms with Crippen LogP contribution in [0.5, 0.6) is 0 Å². The van der Waals surface area contributed by atoms with E-state index in [4.69, 9.17) is 0 Å². The Morgan fingerprint density at radius 1 is 1.04 bits per heavy atom. The fourth-order valence-corrected chi connectivity index (χ4v) is 2.36. The lowest BCUT2D eigenvalue weighted by molar-refractivity contribution is 0.0949. The molecule has 5 nitrogen and oxygen atoms in total. The maximum Gasteiger partial charge on any atom is 0.274 e. The van der Waals surface area contributed by atoms with Gasteiger partial charge in [0.15, 0.2) is 5.69 Å². The molecule has 0 bridgehead atoms. The van der Waals surface area contributed by atoms with Crippen LogP contribution in [-0.4, -0.2) is 27.4 Å². The van der Waals surface area contributed by atoms with Crippen LogP contribution < -0.4 is 5.32 Å². The van der Waals surface area contributed by atoms with Gasteiger partial charge in [0.05, 0.1) is 5.69 Å². The first-order valence-electron chi connectivity index (χ1n) is 7.66. The summed E-state index contributed by atoms with van der Waals surface area (Å²) in [7, 11) is 0. The van der Waals surface area contributed by atoms with Crippen LogP contribution in [0.25, 0.3) is 16.9 Å². The monoisotopic (exact) mass is 306 g/mol. The fraction of sp³-hybridized carbons (Fsp3) is 0.167. The highest BCUT2D eigenvalue weighted by molar-refractivity contribution is 5.98. The first-order valence-corrected chi connectivity index (χ1v) is 7.66. The summed E-state index contributed by atoms with van der Waals surface area (Å²) >= 11 is 0. The molecular weight excluding hydrogens is 288 g/mol. The number of rotatable bonds is 5. The maximum absolute atomic E-state index is 12.4. The predicted octanol–water partition coefficient (Wildman–Crippen LogP) is 3.07. The van der Waals surface area contributed by atoms with Crippen LogP contribution in [-0.2, 0) is 0 Å². The van der Waals surface area contributed by atoms with Gasteiger partial charge in [-0.2, -0.15) is 0 Å². The van der Waals surface area contributed by atoms with Crippen molar-refractivity contribution < 1.29 is 4.79 Å². The van der Waals surface area contributed by atoms with Crippen molar-refractivity contribution in [1.29, 1.82) is 0 Å². The van der Waals surface area contributed by atoms with Gasteiger partial charge in [-0.15, -0.1) is 5.10 Å². The van der Waals surface area contributed by atoms with Crippen molar-refractivity contribution in [2.24, 2.45) is 0 Å². The molecular formula is C18H18N4O. The fourth-order valence-electron chi connectivity index (χ4n) is 2.36. The second-order valence-corrected chi connectivity index (χ2v) is 5.16. The smallest absolute Gasteiger partial charge is 0.274 e. The summed E-state index contributed by atoms with van der Waals surface area (Å²) < 4.78 is 1.70. The number of para-hydroxylation sites is 1. The van der Waals surface area contributed by atoms with Crippen molar-refractivity contribution in [2.75, 3.05) is 6.54 Å². The average Bonchev–Trinajstić information content (AvgIpc) is 3.06. The molecule has 0 fully saturated rings. The molecule has 0 spiro atoms. The summed E-state index contributed by atoms with van der Waals surface area (Å²) in [6, 6.07) is 19.4. The Balaban J connectivity index is 2.11. The average molecular weight is 306 g/mol. The van der Waals surface area contributed by atoms with E-state index >= 15 is 0 Å². The summed E-state index contributed by atoms with van der Waals surface area (Å²) in [5.41, 5.74) is 2.82. The normalized spacial score (nSPS) is 10.5. The first kappa shape index (κ1) is 15.0. The SMILES string of the molecule is CCCNC(=O)c1nnn(-c2ccccc2)c1-c1ccccc1. The van der Waals surface area contributed by atoms with Crippen LogP contribution in [0.3, 0.4) is 0 Å². The van der Waals surface area contributed by atoms with Gasteiger partial charge >= 0.3 is 0 Å². The van der Waals surface area contributed by atoms with Crippen LogP contribution in [0, 0.1) is 0 Å². The zero-order valence-electron chi connectivity index (χ0n) is 12.9. The van der Waals surface area contributed by atoms with Gasteiger partial charge in [0.25, 0.3) is 5.91 Å². The first-order chi connectivity index (χ1) is 11.3. The number of carbonyl (C=O) groups excluding carboxylic acids is 1. The van der Waals surface area contributed by atoms with Crippen molar-refractivity contribution in [3.05, 3.63) is 66.4 Å². The Morgan fingerprint density at radius 2 is 1.70 bits per heavy atom. The Hall–Kier alpha value is -2.95. The molecule has 0 aliphatic rings. The third kappa shape index (κ3) is 3.13. The highest BCUT2D eigenvalue weighted by Crippen LogP contribution is 2.25. The molecule has 1 N–H and O–H groups in total. The van der Waals surface area contributed by atoms with Crippen molar-refractivity contribution in [1.82, 2.24) is 20.3 Å². The summed E-state index contributed by atoms with van der Waals surface area (Å²) in [6.45, 7) is 2.63. The van der Waals surface area contributed by atoms with Crippen LogP contribution in [0.2, 0.25) is 0 Å². The topological polar surface area (TPSA) is 59.8 Å². The molecule has 5 heteroatoms. The number of nitrogens with one attached hydrogen (secondary N) is 1. The molecule has 0 atom stereocenters. The second-order valence-electron chi connectivity index (χ2n) is 5.16. The molecule has 0 aliphatic heterocycles. The highest BCUT2D eigenvalue weighted by atomic mass is 16.2. The predicted molar refractivity (Wildman–Crippen MR) is 89.4 cm³/mol. The summed E-state index contributed by atoms with van der Waals surface area (Å²) in [6.07, 6.45) is 0.874. The van der Waals surface area contributed by atoms with Crippen molar-refractivity contribution in [3.63, 3.8) is 0 Å². The van der Waals surface area contributed by atoms with Gasteiger partial charge in [0, 0.05) is 12.1 Å². The number of nitrogens with zero attached hydrogens (tertiary/aromatic N) is 3. The van der Waals surface area contributed by atoms with Crippen molar-refractivity contribution >= 4 is 5.91 Å². The Labute approximate surface area is 135 Å². The van der Waals surface area contributed by atoms with E-state index in [-0.39, 0.29) is 5.91 Å². The molecule has 1 heterocycles. The van der Waals surface area contributed by atoms with Gasteiger partial charge < -0.3 is 5.32 Å². The van der Waals surface area contributed by atoms with Crippen LogP contribution >= 0.6 is 0 Å². The Bertz CT molecular complexity index is 781. The molecule has 1 aromatic heterocycles. The Morgan fingerprint density at radius 3 is 2.35 bits per heavy atom. The van der Waals surface area contributed by atoms with E-state index in [1.165, 1.54) is 0 Å². The highest BCUT2D eigenvalue weighted by Gasteiger charge is 2.21. The maximum atomic E-state index is 12.4. The number of hydrogen-bond donors (Lipinski definition) is 1. The Kier molecular flexibility index (Phi) is 4.47. The zero-order chi connectivity index (χ0) is 16.1. The minimum absolute atomic E-state index is 0.201. The van der Waals surface area contributed by atoms with E-state index in [1.807, 2.05) is 67.6 Å². The minimum Gasteiger partial charge on any atom is -0.351 e. The summed E-state index contributed by atoms with van der Waals surface area (Å²) in [5, 5.41) is 11.2. The molecule has 0 aliphatic carbocycles. The molecule has 23 heavy (non-hydrogen) atoms. The van der Waals surface area contributed by atoms with Gasteiger partial charge in [-0.1, -0.05) is 60.7 Å². The molecule has 3 rings (SSSR count). The van der Waals surface area contributed by atoms with Gasteiger partial charge in [-0.3, -0.25) is 4.79 Å². The van der Waals surface area contributed by atoms with E-state index in [1.54, 1.807) is 4.68 Å². The number of carbonyl (C=O) groups is 1. The van der Waals surface area contributed by atoms with Gasteiger partial charge in [-0.25, -0.2) is 4.68 Å². The number of aromatic nitrogens is 3. The summed E-state index contributed by atoms with van der Waals surface area (Å²) in [4.78, 5) is 12.4. The van der Waals surface area contributed by atoms with E-state index in [0.717, 1.165) is 17.7 Å². The lowest BCUT2D eigenvalue weighted by atomic mass is 10.1. The van der Waals surface area contributed by atoms with Gasteiger partial charge in [0.1, 0.15) is 5.69 Å². The summed E-state index contributed by atoms with van der Waals surface area (Å²) in [5.74, 6) is -0.201. The molecule has 116 valence electrons. The van der Waals surface area contributed by atoms with Gasteiger partial charge in [0.2, 0.25) is 0 Å². The third-order valence-corrected chi connectivity index (χ3v) is 3.47. The number of benzene rings is 2. The van der Waals surface area contributed by atoms with E-state index in [2.05, 4.69) is 15.6 Å². The molecule has 3 aromatic rings. The van der Waals surface area contributed by atoms with E-state index in [0.29, 0.717) is 17.9 Å². The van der Waals surface area contributed by atoms with Crippen LogP contribution in [0.1, 0.15) is 23.8 Å². The van der Waals surface area contributed by atoms with Crippen molar-refractivity contribution in [2.45, 2.75) is 13.3 Å². The molecule has 0 saturated carbocycles. The number of hydrogen-bond acceptors (Lipinski definition) is 3. The lowest BCUT2D eigenvalue weighted by Crippen LogP contribution is -2.25. The van der Waals surface area contributed by atoms with Crippen LogP contribution in [0.15, 0.2) is 60.7 Å². The standard InChI is InChI=1S/C18H18N4O/c1-2-13-19-18(23)16-17(14-9-5-3-6-10-14)22(21-20-16)15-11-7-4-8-12-15/h3-12H,2,13H2,1H3,(H,19,23). The second kappa shape index (κ2) is 6.87. The minimum atomic E-state index is -0.201. The largest absolute Gasteiger partial charge is 0.351 e. The number of amides is 1. The molecule has 0 radical (unpaired) electrons.